The topological polar surface area (TPSA) is 56.7 Å². The average Bonchev–Trinajstić information content (AvgIpc) is 3.35. The van der Waals surface area contributed by atoms with Gasteiger partial charge in [-0.3, -0.25) is 9.97 Å². The summed E-state index contributed by atoms with van der Waals surface area (Å²) in [5.41, 5.74) is 8.22. The Kier molecular flexibility index (Phi) is 6.17. The first-order valence-corrected chi connectivity index (χ1v) is 11.0. The van der Waals surface area contributed by atoms with Gasteiger partial charge in [-0.15, -0.1) is 0 Å². The van der Waals surface area contributed by atoms with Crippen molar-refractivity contribution in [3.05, 3.63) is 101 Å². The molecule has 0 spiro atoms. The number of hydrogen-bond donors (Lipinski definition) is 0. The van der Waals surface area contributed by atoms with Gasteiger partial charge in [0.2, 0.25) is 0 Å². The van der Waals surface area contributed by atoms with Crippen LogP contribution in [-0.2, 0) is 0 Å². The molecule has 0 N–H and O–H groups in total. The lowest BCUT2D eigenvalue weighted by molar-refractivity contribution is 0.393. The molecular weight excluding hydrogens is 396 g/mol. The van der Waals surface area contributed by atoms with Crippen LogP contribution in [0.1, 0.15) is 48.2 Å². The maximum atomic E-state index is 5.39. The van der Waals surface area contributed by atoms with Gasteiger partial charge < -0.3 is 9.09 Å². The highest BCUT2D eigenvalue weighted by atomic mass is 16.5. The molecule has 0 saturated heterocycles. The summed E-state index contributed by atoms with van der Waals surface area (Å²) in [4.78, 5) is 9.48. The molecule has 0 amide bonds. The monoisotopic (exact) mass is 424 g/mol. The Morgan fingerprint density at radius 3 is 2.31 bits per heavy atom. The van der Waals surface area contributed by atoms with Crippen molar-refractivity contribution in [2.24, 2.45) is 0 Å². The van der Waals surface area contributed by atoms with Gasteiger partial charge in [0.15, 0.2) is 0 Å². The fourth-order valence-corrected chi connectivity index (χ4v) is 4.19. The standard InChI is InChI=1S/C25H22N4O.C2H6/c1-16-15-29(25(19-9-5-4-6-10-19)21-11-7-8-12-26-21)22-13-20(14-27-24(16)22)23-17(2)28-30-18(23)3;1-2/h4-15,25H,1-3H3;1-2H3. The minimum absolute atomic E-state index is 0.0506. The van der Waals surface area contributed by atoms with E-state index in [1.807, 2.05) is 58.3 Å². The van der Waals surface area contributed by atoms with Gasteiger partial charge in [0.1, 0.15) is 11.8 Å². The largest absolute Gasteiger partial charge is 0.361 e. The Morgan fingerprint density at radius 1 is 0.906 bits per heavy atom. The Balaban J connectivity index is 0.00000119. The van der Waals surface area contributed by atoms with Crippen LogP contribution in [0.2, 0.25) is 0 Å². The van der Waals surface area contributed by atoms with Crippen molar-refractivity contribution in [2.45, 2.75) is 40.7 Å². The molecule has 162 valence electrons. The molecule has 4 heterocycles. The maximum Gasteiger partial charge on any atom is 0.141 e. The minimum atomic E-state index is -0.0506. The second-order valence-electron chi connectivity index (χ2n) is 7.58. The normalized spacial score (nSPS) is 11.8. The molecule has 5 nitrogen and oxygen atoms in total. The zero-order valence-corrected chi connectivity index (χ0v) is 19.2. The predicted octanol–water partition coefficient (Wildman–Crippen LogP) is 6.68. The highest BCUT2D eigenvalue weighted by molar-refractivity contribution is 5.85. The quantitative estimate of drug-likeness (QED) is 0.323. The lowest BCUT2D eigenvalue weighted by atomic mass is 10.0. The Hall–Kier alpha value is -3.73. The van der Waals surface area contributed by atoms with Gasteiger partial charge in [-0.05, 0) is 50.1 Å². The van der Waals surface area contributed by atoms with Gasteiger partial charge >= 0.3 is 0 Å². The molecule has 5 heteroatoms. The molecule has 4 aromatic heterocycles. The van der Waals surface area contributed by atoms with Crippen LogP contribution >= 0.6 is 0 Å². The third-order valence-corrected chi connectivity index (χ3v) is 5.54. The van der Waals surface area contributed by atoms with Crippen LogP contribution in [0.25, 0.3) is 22.2 Å². The summed E-state index contributed by atoms with van der Waals surface area (Å²) in [6, 6.07) is 18.6. The highest BCUT2D eigenvalue weighted by Crippen LogP contribution is 2.34. The van der Waals surface area contributed by atoms with Gasteiger partial charge in [-0.25, -0.2) is 0 Å². The average molecular weight is 425 g/mol. The molecular formula is C27H28N4O. The van der Waals surface area contributed by atoms with Crippen molar-refractivity contribution in [2.75, 3.05) is 0 Å². The van der Waals surface area contributed by atoms with Gasteiger partial charge in [-0.2, -0.15) is 0 Å². The molecule has 0 aliphatic rings. The SMILES string of the molecule is CC.Cc1noc(C)c1-c1cnc2c(C)cn(C(c3ccccc3)c3ccccn3)c2c1. The smallest absolute Gasteiger partial charge is 0.141 e. The van der Waals surface area contributed by atoms with Crippen molar-refractivity contribution < 1.29 is 4.52 Å². The van der Waals surface area contributed by atoms with Crippen LogP contribution in [0.3, 0.4) is 0 Å². The van der Waals surface area contributed by atoms with Crippen molar-refractivity contribution in [1.82, 2.24) is 19.7 Å². The van der Waals surface area contributed by atoms with Gasteiger partial charge in [0.05, 0.1) is 22.4 Å². The fourth-order valence-electron chi connectivity index (χ4n) is 4.19. The number of hydrogen-bond acceptors (Lipinski definition) is 4. The van der Waals surface area contributed by atoms with Gasteiger partial charge in [0.25, 0.3) is 0 Å². The zero-order chi connectivity index (χ0) is 22.7. The summed E-state index contributed by atoms with van der Waals surface area (Å²) in [6.45, 7) is 9.99. The van der Waals surface area contributed by atoms with E-state index in [-0.39, 0.29) is 6.04 Å². The van der Waals surface area contributed by atoms with Crippen molar-refractivity contribution in [3.8, 4) is 11.1 Å². The van der Waals surface area contributed by atoms with E-state index in [1.165, 1.54) is 5.56 Å². The van der Waals surface area contributed by atoms with Crippen molar-refractivity contribution >= 4 is 11.0 Å². The number of rotatable bonds is 4. The van der Waals surface area contributed by atoms with Crippen molar-refractivity contribution in [1.29, 1.82) is 0 Å². The molecule has 1 aromatic carbocycles. The number of aromatic nitrogens is 4. The van der Waals surface area contributed by atoms with Crippen LogP contribution in [-0.4, -0.2) is 19.7 Å². The number of nitrogens with zero attached hydrogens (tertiary/aromatic N) is 4. The van der Waals surface area contributed by atoms with Crippen LogP contribution in [0.15, 0.2) is 77.7 Å². The number of aryl methyl sites for hydroxylation is 3. The summed E-state index contributed by atoms with van der Waals surface area (Å²) in [5.74, 6) is 0.799. The van der Waals surface area contributed by atoms with Crippen LogP contribution < -0.4 is 0 Å². The first-order chi connectivity index (χ1) is 15.6. The number of fused-ring (bicyclic) bond motifs is 1. The molecule has 0 aliphatic carbocycles. The molecule has 0 fully saturated rings. The first-order valence-electron chi connectivity index (χ1n) is 11.0. The Labute approximate surface area is 188 Å². The van der Waals surface area contributed by atoms with E-state index in [4.69, 9.17) is 9.51 Å². The van der Waals surface area contributed by atoms with Gasteiger partial charge in [0, 0.05) is 29.7 Å². The Morgan fingerprint density at radius 2 is 1.66 bits per heavy atom. The summed E-state index contributed by atoms with van der Waals surface area (Å²) in [6.07, 6.45) is 5.92. The Bertz CT molecular complexity index is 1260. The molecule has 0 saturated carbocycles. The fraction of sp³-hybridized carbons (Fsp3) is 0.222. The van der Waals surface area contributed by atoms with Gasteiger partial charge in [-0.1, -0.05) is 55.4 Å². The second kappa shape index (κ2) is 9.18. The molecule has 5 aromatic rings. The highest BCUT2D eigenvalue weighted by Gasteiger charge is 2.22. The molecule has 0 aliphatic heterocycles. The lowest BCUT2D eigenvalue weighted by Crippen LogP contribution is -2.13. The van der Waals surface area contributed by atoms with E-state index in [0.717, 1.165) is 44.9 Å². The number of benzene rings is 1. The van der Waals surface area contributed by atoms with E-state index in [1.54, 1.807) is 0 Å². The third kappa shape index (κ3) is 3.82. The van der Waals surface area contributed by atoms with E-state index >= 15 is 0 Å². The summed E-state index contributed by atoms with van der Waals surface area (Å²) in [5, 5.41) is 4.11. The zero-order valence-electron chi connectivity index (χ0n) is 19.2. The second-order valence-corrected chi connectivity index (χ2v) is 7.58. The lowest BCUT2D eigenvalue weighted by Gasteiger charge is -2.20. The number of pyridine rings is 2. The third-order valence-electron chi connectivity index (χ3n) is 5.54. The first kappa shape index (κ1) is 21.5. The van der Waals surface area contributed by atoms with E-state index in [9.17, 15) is 0 Å². The maximum absolute atomic E-state index is 5.39. The van der Waals surface area contributed by atoms with Crippen LogP contribution in [0, 0.1) is 20.8 Å². The van der Waals surface area contributed by atoms with Crippen molar-refractivity contribution in [3.63, 3.8) is 0 Å². The summed E-state index contributed by atoms with van der Waals surface area (Å²) >= 11 is 0. The van der Waals surface area contributed by atoms with Crippen LogP contribution in [0.4, 0.5) is 0 Å². The molecule has 32 heavy (non-hydrogen) atoms. The summed E-state index contributed by atoms with van der Waals surface area (Å²) in [7, 11) is 0. The molecule has 1 atom stereocenters. The predicted molar refractivity (Wildman–Crippen MR) is 129 cm³/mol. The van der Waals surface area contributed by atoms with E-state index in [0.29, 0.717) is 0 Å². The van der Waals surface area contributed by atoms with E-state index < -0.39 is 0 Å². The minimum Gasteiger partial charge on any atom is -0.361 e. The summed E-state index contributed by atoms with van der Waals surface area (Å²) < 4.78 is 7.66. The molecule has 1 unspecified atom stereocenters. The molecule has 5 rings (SSSR count). The molecule has 0 bridgehead atoms. The molecule has 0 radical (unpaired) electrons. The van der Waals surface area contributed by atoms with Crippen LogP contribution in [0.5, 0.6) is 0 Å². The van der Waals surface area contributed by atoms with E-state index in [2.05, 4.69) is 64.2 Å².